The van der Waals surface area contributed by atoms with Crippen LogP contribution in [0.25, 0.3) is 17.3 Å². The van der Waals surface area contributed by atoms with E-state index in [1.54, 1.807) is 29.1 Å². The highest BCUT2D eigenvalue weighted by Gasteiger charge is 2.15. The summed E-state index contributed by atoms with van der Waals surface area (Å²) in [6.45, 7) is 0. The fourth-order valence-corrected chi connectivity index (χ4v) is 2.96. The highest BCUT2D eigenvalue weighted by molar-refractivity contribution is 6.29. The van der Waals surface area contributed by atoms with Gasteiger partial charge >= 0.3 is 0 Å². The molecule has 1 aromatic heterocycles. The lowest BCUT2D eigenvalue weighted by Crippen LogP contribution is -2.13. The van der Waals surface area contributed by atoms with E-state index in [1.807, 2.05) is 48.5 Å². The first-order valence-electron chi connectivity index (χ1n) is 9.41. The minimum absolute atomic E-state index is 0.0541. The van der Waals surface area contributed by atoms with Crippen molar-refractivity contribution in [3.05, 3.63) is 112 Å². The van der Waals surface area contributed by atoms with Crippen LogP contribution < -0.4 is 5.32 Å². The van der Waals surface area contributed by atoms with E-state index in [1.165, 1.54) is 24.3 Å². The summed E-state index contributed by atoms with van der Waals surface area (Å²) in [6, 6.07) is 24.3. The largest absolute Gasteiger partial charge is 0.322 e. The summed E-state index contributed by atoms with van der Waals surface area (Å²) in [5.41, 5.74) is 2.71. The van der Waals surface area contributed by atoms with Crippen LogP contribution in [0.1, 0.15) is 11.3 Å². The van der Waals surface area contributed by atoms with Gasteiger partial charge in [-0.25, -0.2) is 4.68 Å². The van der Waals surface area contributed by atoms with Crippen molar-refractivity contribution in [1.29, 1.82) is 0 Å². The molecule has 0 aliphatic rings. The quantitative estimate of drug-likeness (QED) is 0.289. The summed E-state index contributed by atoms with van der Waals surface area (Å²) in [5, 5.41) is 22.1. The molecule has 1 amide bonds. The minimum atomic E-state index is -0.483. The molecule has 0 aliphatic heterocycles. The number of carbonyl (C=O) groups is 1. The van der Waals surface area contributed by atoms with Crippen LogP contribution in [0.15, 0.2) is 91.1 Å². The van der Waals surface area contributed by atoms with Crippen molar-refractivity contribution in [2.24, 2.45) is 0 Å². The minimum Gasteiger partial charge on any atom is -0.322 e. The highest BCUT2D eigenvalue weighted by atomic mass is 16.6. The van der Waals surface area contributed by atoms with Crippen molar-refractivity contribution >= 4 is 28.9 Å². The van der Waals surface area contributed by atoms with Gasteiger partial charge in [-0.05, 0) is 48.0 Å². The maximum atomic E-state index is 13.0. The number of nitrogens with zero attached hydrogens (tertiary/aromatic N) is 4. The van der Waals surface area contributed by atoms with Crippen LogP contribution in [-0.2, 0) is 4.79 Å². The SMILES string of the molecule is O=C(Nc1ccccc1)C(=Cc1cn(-c2ccccc2)nn1)c1ccc([N+](=O)[O-])cc1. The molecular formula is C23H17N5O3. The summed E-state index contributed by atoms with van der Waals surface area (Å²) in [4.78, 5) is 23.5. The molecule has 8 heteroatoms. The van der Waals surface area contributed by atoms with Crippen molar-refractivity contribution in [3.63, 3.8) is 0 Å². The molecule has 1 heterocycles. The molecule has 0 bridgehead atoms. The van der Waals surface area contributed by atoms with E-state index in [-0.39, 0.29) is 11.6 Å². The van der Waals surface area contributed by atoms with E-state index in [4.69, 9.17) is 0 Å². The maximum absolute atomic E-state index is 13.0. The smallest absolute Gasteiger partial charge is 0.269 e. The van der Waals surface area contributed by atoms with E-state index in [2.05, 4.69) is 15.6 Å². The van der Waals surface area contributed by atoms with E-state index in [0.717, 1.165) is 5.69 Å². The molecule has 0 atom stereocenters. The standard InChI is InChI=1S/C23H17N5O3/c29-23(24-18-7-3-1-4-8-18)22(17-11-13-21(14-12-17)28(30)31)15-19-16-27(26-25-19)20-9-5-2-6-10-20/h1-16H,(H,24,29). The molecule has 4 rings (SSSR count). The number of nitro benzene ring substituents is 1. The van der Waals surface area contributed by atoms with Gasteiger partial charge < -0.3 is 5.32 Å². The van der Waals surface area contributed by atoms with Gasteiger partial charge in [0, 0.05) is 23.4 Å². The Morgan fingerprint density at radius 1 is 0.935 bits per heavy atom. The van der Waals surface area contributed by atoms with Gasteiger partial charge in [0.2, 0.25) is 0 Å². The van der Waals surface area contributed by atoms with Crippen molar-refractivity contribution < 1.29 is 9.72 Å². The van der Waals surface area contributed by atoms with E-state index in [9.17, 15) is 14.9 Å². The Hall–Kier alpha value is -4.59. The topological polar surface area (TPSA) is 103 Å². The number of rotatable bonds is 6. The van der Waals surface area contributed by atoms with Gasteiger partial charge in [-0.15, -0.1) is 5.10 Å². The Balaban J connectivity index is 1.70. The third-order valence-electron chi connectivity index (χ3n) is 4.49. The molecule has 0 radical (unpaired) electrons. The van der Waals surface area contributed by atoms with Crippen LogP contribution in [0.3, 0.4) is 0 Å². The number of benzene rings is 3. The number of anilines is 1. The second-order valence-electron chi connectivity index (χ2n) is 6.61. The van der Waals surface area contributed by atoms with Gasteiger partial charge in [-0.2, -0.15) is 0 Å². The predicted octanol–water partition coefficient (Wildman–Crippen LogP) is 4.35. The van der Waals surface area contributed by atoms with Crippen molar-refractivity contribution in [2.75, 3.05) is 5.32 Å². The van der Waals surface area contributed by atoms with Crippen LogP contribution in [0.4, 0.5) is 11.4 Å². The van der Waals surface area contributed by atoms with Gasteiger partial charge in [0.1, 0.15) is 5.69 Å². The number of hydrogen-bond donors (Lipinski definition) is 1. The van der Waals surface area contributed by atoms with E-state index >= 15 is 0 Å². The number of nitro groups is 1. The second kappa shape index (κ2) is 8.83. The molecule has 1 N–H and O–H groups in total. The normalized spacial score (nSPS) is 11.2. The lowest BCUT2D eigenvalue weighted by atomic mass is 10.0. The van der Waals surface area contributed by atoms with Crippen molar-refractivity contribution in [1.82, 2.24) is 15.0 Å². The number of amides is 1. The second-order valence-corrected chi connectivity index (χ2v) is 6.61. The van der Waals surface area contributed by atoms with Gasteiger partial charge in [-0.3, -0.25) is 14.9 Å². The average molecular weight is 411 g/mol. The average Bonchev–Trinajstić information content (AvgIpc) is 3.27. The van der Waals surface area contributed by atoms with Gasteiger partial charge in [-0.1, -0.05) is 41.6 Å². The molecular weight excluding hydrogens is 394 g/mol. The summed E-state index contributed by atoms with van der Waals surface area (Å²) < 4.78 is 1.61. The number of carbonyl (C=O) groups excluding carboxylic acids is 1. The fraction of sp³-hybridized carbons (Fsp3) is 0. The molecule has 0 unspecified atom stereocenters. The monoisotopic (exact) mass is 411 g/mol. The van der Waals surface area contributed by atoms with Gasteiger partial charge in [0.15, 0.2) is 0 Å². The first kappa shape index (κ1) is 19.7. The van der Waals surface area contributed by atoms with Crippen LogP contribution in [0, 0.1) is 10.1 Å². The first-order chi connectivity index (χ1) is 15.1. The third-order valence-corrected chi connectivity index (χ3v) is 4.49. The molecule has 3 aromatic carbocycles. The highest BCUT2D eigenvalue weighted by Crippen LogP contribution is 2.23. The van der Waals surface area contributed by atoms with Crippen molar-refractivity contribution in [3.8, 4) is 5.69 Å². The lowest BCUT2D eigenvalue weighted by Gasteiger charge is -2.09. The molecule has 152 valence electrons. The number of non-ortho nitro benzene ring substituents is 1. The number of para-hydroxylation sites is 2. The zero-order valence-corrected chi connectivity index (χ0v) is 16.3. The Labute approximate surface area is 177 Å². The zero-order valence-electron chi connectivity index (χ0n) is 16.3. The predicted molar refractivity (Wildman–Crippen MR) is 117 cm³/mol. The zero-order chi connectivity index (χ0) is 21.6. The summed E-state index contributed by atoms with van der Waals surface area (Å²) in [6.07, 6.45) is 3.31. The Morgan fingerprint density at radius 3 is 2.23 bits per heavy atom. The summed E-state index contributed by atoms with van der Waals surface area (Å²) in [7, 11) is 0. The van der Waals surface area contributed by atoms with Crippen LogP contribution in [0.5, 0.6) is 0 Å². The Kier molecular flexibility index (Phi) is 5.62. The summed E-state index contributed by atoms with van der Waals surface area (Å²) in [5.74, 6) is -0.366. The first-order valence-corrected chi connectivity index (χ1v) is 9.41. The van der Waals surface area contributed by atoms with Crippen LogP contribution >= 0.6 is 0 Å². The van der Waals surface area contributed by atoms with Crippen molar-refractivity contribution in [2.45, 2.75) is 0 Å². The Bertz CT molecular complexity index is 1230. The molecule has 8 nitrogen and oxygen atoms in total. The maximum Gasteiger partial charge on any atom is 0.269 e. The molecule has 0 fully saturated rings. The number of hydrogen-bond acceptors (Lipinski definition) is 5. The lowest BCUT2D eigenvalue weighted by molar-refractivity contribution is -0.384. The van der Waals surface area contributed by atoms with E-state index in [0.29, 0.717) is 22.5 Å². The molecule has 0 spiro atoms. The van der Waals surface area contributed by atoms with Gasteiger partial charge in [0.05, 0.1) is 16.8 Å². The van der Waals surface area contributed by atoms with Crippen LogP contribution in [-0.4, -0.2) is 25.8 Å². The molecule has 0 aliphatic carbocycles. The number of nitrogens with one attached hydrogen (secondary N) is 1. The van der Waals surface area contributed by atoms with E-state index < -0.39 is 4.92 Å². The third kappa shape index (κ3) is 4.70. The van der Waals surface area contributed by atoms with Gasteiger partial charge in [0.25, 0.3) is 11.6 Å². The fourth-order valence-electron chi connectivity index (χ4n) is 2.96. The summed E-state index contributed by atoms with van der Waals surface area (Å²) >= 11 is 0. The molecule has 31 heavy (non-hydrogen) atoms. The molecule has 4 aromatic rings. The Morgan fingerprint density at radius 2 is 1.58 bits per heavy atom. The molecule has 0 saturated heterocycles. The number of aromatic nitrogens is 3. The van der Waals surface area contributed by atoms with Crippen LogP contribution in [0.2, 0.25) is 0 Å². The molecule has 0 saturated carbocycles.